The number of rotatable bonds is 1. The van der Waals surface area contributed by atoms with Crippen molar-refractivity contribution in [2.75, 3.05) is 0 Å². The lowest BCUT2D eigenvalue weighted by Crippen LogP contribution is -2.16. The SMILES string of the molecule is CCC(N)O.F. The van der Waals surface area contributed by atoms with Crippen molar-refractivity contribution in [1.82, 2.24) is 0 Å². The van der Waals surface area contributed by atoms with Crippen molar-refractivity contribution in [1.29, 1.82) is 0 Å². The summed E-state index contributed by atoms with van der Waals surface area (Å²) in [5.74, 6) is 0. The summed E-state index contributed by atoms with van der Waals surface area (Å²) >= 11 is 0. The van der Waals surface area contributed by atoms with Crippen LogP contribution in [0, 0.1) is 0 Å². The van der Waals surface area contributed by atoms with E-state index in [-0.39, 0.29) is 4.70 Å². The van der Waals surface area contributed by atoms with Crippen molar-refractivity contribution in [3.05, 3.63) is 0 Å². The second kappa shape index (κ2) is 4.85. The van der Waals surface area contributed by atoms with Crippen LogP contribution in [-0.4, -0.2) is 11.3 Å². The summed E-state index contributed by atoms with van der Waals surface area (Å²) in [5, 5.41) is 8.14. The molecule has 6 heavy (non-hydrogen) atoms. The fraction of sp³-hybridized carbons (Fsp3) is 1.00. The van der Waals surface area contributed by atoms with Gasteiger partial charge in [-0.3, -0.25) is 4.70 Å². The van der Waals surface area contributed by atoms with E-state index in [1.807, 2.05) is 6.92 Å². The normalized spacial score (nSPS) is 12.5. The summed E-state index contributed by atoms with van der Waals surface area (Å²) < 4.78 is 0. The number of hydrogen-bond acceptors (Lipinski definition) is 2. The topological polar surface area (TPSA) is 46.2 Å². The summed E-state index contributed by atoms with van der Waals surface area (Å²) in [6.07, 6.45) is 0.0231. The highest BCUT2D eigenvalue weighted by molar-refractivity contribution is 4.31. The van der Waals surface area contributed by atoms with E-state index in [9.17, 15) is 0 Å². The molecule has 0 spiro atoms. The van der Waals surface area contributed by atoms with Crippen LogP contribution < -0.4 is 5.73 Å². The third kappa shape index (κ3) is 9.14. The maximum atomic E-state index is 8.14. The molecule has 0 saturated carbocycles. The van der Waals surface area contributed by atoms with Gasteiger partial charge in [0.15, 0.2) is 0 Å². The van der Waals surface area contributed by atoms with Crippen LogP contribution in [0.3, 0.4) is 0 Å². The summed E-state index contributed by atoms with van der Waals surface area (Å²) in [6.45, 7) is 1.82. The first-order valence-electron chi connectivity index (χ1n) is 1.71. The van der Waals surface area contributed by atoms with Gasteiger partial charge in [0.25, 0.3) is 0 Å². The van der Waals surface area contributed by atoms with Crippen LogP contribution in [0.5, 0.6) is 0 Å². The molecule has 0 aromatic carbocycles. The van der Waals surface area contributed by atoms with E-state index in [4.69, 9.17) is 10.8 Å². The Bertz CT molecular complexity index is 24.8. The number of nitrogens with two attached hydrogens (primary N) is 1. The molecule has 2 nitrogen and oxygen atoms in total. The molecular weight excluding hydrogens is 85.0 g/mol. The number of aliphatic hydroxyl groups excluding tert-OH is 1. The Labute approximate surface area is 36.3 Å². The third-order valence-corrected chi connectivity index (χ3v) is 0.418. The molecule has 0 radical (unpaired) electrons. The molecule has 3 heteroatoms. The molecular formula is C3H10FNO. The van der Waals surface area contributed by atoms with Crippen LogP contribution in [0.25, 0.3) is 0 Å². The quantitative estimate of drug-likeness (QED) is 0.444. The first kappa shape index (κ1) is 9.28. The van der Waals surface area contributed by atoms with E-state index in [2.05, 4.69) is 0 Å². The van der Waals surface area contributed by atoms with Crippen LogP contribution in [0.1, 0.15) is 13.3 Å². The van der Waals surface area contributed by atoms with Crippen molar-refractivity contribution < 1.29 is 9.81 Å². The van der Waals surface area contributed by atoms with Crippen LogP contribution in [-0.2, 0) is 0 Å². The highest BCUT2D eigenvalue weighted by Gasteiger charge is 1.81. The zero-order valence-corrected chi connectivity index (χ0v) is 3.72. The lowest BCUT2D eigenvalue weighted by atomic mass is 10.5. The Hall–Kier alpha value is -0.150. The van der Waals surface area contributed by atoms with Gasteiger partial charge in [-0.1, -0.05) is 6.92 Å². The van der Waals surface area contributed by atoms with Gasteiger partial charge in [-0.15, -0.1) is 0 Å². The summed E-state index contributed by atoms with van der Waals surface area (Å²) in [7, 11) is 0. The minimum atomic E-state index is -0.616. The smallest absolute Gasteiger partial charge is 0.102 e. The minimum absolute atomic E-state index is 0. The third-order valence-electron chi connectivity index (χ3n) is 0.418. The molecule has 0 heterocycles. The second-order valence-corrected chi connectivity index (χ2v) is 0.976. The first-order chi connectivity index (χ1) is 2.27. The fourth-order valence-corrected chi connectivity index (χ4v) is 0. The zero-order chi connectivity index (χ0) is 4.28. The molecule has 0 amide bonds. The molecule has 0 aliphatic carbocycles. The minimum Gasteiger partial charge on any atom is -0.379 e. The second-order valence-electron chi connectivity index (χ2n) is 0.976. The first-order valence-corrected chi connectivity index (χ1v) is 1.71. The summed E-state index contributed by atoms with van der Waals surface area (Å²) in [6, 6.07) is 0. The Morgan fingerprint density at radius 1 is 1.83 bits per heavy atom. The lowest BCUT2D eigenvalue weighted by Gasteiger charge is -1.91. The van der Waals surface area contributed by atoms with Crippen LogP contribution in [0.15, 0.2) is 0 Å². The van der Waals surface area contributed by atoms with Crippen molar-refractivity contribution in [3.8, 4) is 0 Å². The molecule has 0 saturated heterocycles. The standard InChI is InChI=1S/C3H9NO.FH/c1-2-3(4)5;/h3,5H,2,4H2,1H3;1H. The Morgan fingerprint density at radius 3 is 2.00 bits per heavy atom. The van der Waals surface area contributed by atoms with Gasteiger partial charge in [0, 0.05) is 0 Å². The maximum absolute atomic E-state index is 8.14. The highest BCUT2D eigenvalue weighted by atomic mass is 19.0. The van der Waals surface area contributed by atoms with E-state index in [0.717, 1.165) is 0 Å². The van der Waals surface area contributed by atoms with Gasteiger partial charge in [0.2, 0.25) is 0 Å². The monoisotopic (exact) mass is 95.1 g/mol. The average molecular weight is 95.1 g/mol. The van der Waals surface area contributed by atoms with Crippen molar-refractivity contribution in [2.45, 2.75) is 19.6 Å². The van der Waals surface area contributed by atoms with E-state index in [1.165, 1.54) is 0 Å². The molecule has 0 aliphatic heterocycles. The molecule has 3 N–H and O–H groups in total. The van der Waals surface area contributed by atoms with Gasteiger partial charge < -0.3 is 10.8 Å². The molecule has 1 atom stereocenters. The Balaban J connectivity index is 0. The van der Waals surface area contributed by atoms with Crippen LogP contribution >= 0.6 is 0 Å². The fourth-order valence-electron chi connectivity index (χ4n) is 0. The van der Waals surface area contributed by atoms with E-state index < -0.39 is 6.23 Å². The zero-order valence-electron chi connectivity index (χ0n) is 3.72. The maximum Gasteiger partial charge on any atom is 0.102 e. The molecule has 0 bridgehead atoms. The molecule has 0 fully saturated rings. The number of halogens is 1. The Morgan fingerprint density at radius 2 is 2.00 bits per heavy atom. The van der Waals surface area contributed by atoms with E-state index in [0.29, 0.717) is 6.42 Å². The molecule has 0 rings (SSSR count). The lowest BCUT2D eigenvalue weighted by molar-refractivity contribution is 0.178. The van der Waals surface area contributed by atoms with Gasteiger partial charge in [0.1, 0.15) is 6.23 Å². The van der Waals surface area contributed by atoms with E-state index in [1.54, 1.807) is 0 Å². The largest absolute Gasteiger partial charge is 0.379 e. The summed E-state index contributed by atoms with van der Waals surface area (Å²) in [4.78, 5) is 0. The van der Waals surface area contributed by atoms with Crippen LogP contribution in [0.2, 0.25) is 0 Å². The van der Waals surface area contributed by atoms with Crippen LogP contribution in [0.4, 0.5) is 4.70 Å². The van der Waals surface area contributed by atoms with Crippen molar-refractivity contribution in [3.63, 3.8) is 0 Å². The molecule has 1 unspecified atom stereocenters. The summed E-state index contributed by atoms with van der Waals surface area (Å²) in [5.41, 5.74) is 4.85. The van der Waals surface area contributed by atoms with Gasteiger partial charge in [-0.05, 0) is 6.42 Å². The van der Waals surface area contributed by atoms with Gasteiger partial charge >= 0.3 is 0 Å². The Kier molecular flexibility index (Phi) is 7.50. The van der Waals surface area contributed by atoms with Gasteiger partial charge in [-0.25, -0.2) is 0 Å². The van der Waals surface area contributed by atoms with Crippen molar-refractivity contribution in [2.24, 2.45) is 5.73 Å². The molecule has 0 aliphatic rings. The highest BCUT2D eigenvalue weighted by Crippen LogP contribution is 1.72. The van der Waals surface area contributed by atoms with E-state index >= 15 is 0 Å². The molecule has 0 aromatic heterocycles. The molecule has 0 aromatic rings. The number of aliphatic hydroxyl groups is 1. The molecule has 40 valence electrons. The predicted molar refractivity (Wildman–Crippen MR) is 23.0 cm³/mol. The van der Waals surface area contributed by atoms with Crippen molar-refractivity contribution >= 4 is 0 Å². The average Bonchev–Trinajstić information content (AvgIpc) is 1.38. The number of hydrogen-bond donors (Lipinski definition) is 2. The van der Waals surface area contributed by atoms with Gasteiger partial charge in [-0.2, -0.15) is 0 Å². The van der Waals surface area contributed by atoms with Gasteiger partial charge in [0.05, 0.1) is 0 Å². The predicted octanol–water partition coefficient (Wildman–Crippen LogP) is -0.174.